The maximum atomic E-state index is 11.0. The summed E-state index contributed by atoms with van der Waals surface area (Å²) in [6.07, 6.45) is -8.95. The number of aliphatic hydroxyl groups is 3. The Morgan fingerprint density at radius 3 is 2.25 bits per heavy atom. The zero-order chi connectivity index (χ0) is 19.4. The molecule has 0 aromatic heterocycles. The van der Waals surface area contributed by atoms with Crippen molar-refractivity contribution in [1.82, 2.24) is 0 Å². The molecule has 0 saturated carbocycles. The molecule has 0 bridgehead atoms. The van der Waals surface area contributed by atoms with Crippen LogP contribution in [0.25, 0.3) is 0 Å². The van der Waals surface area contributed by atoms with Crippen LogP contribution in [0.1, 0.15) is 12.0 Å². The summed E-state index contributed by atoms with van der Waals surface area (Å²) in [6, 6.07) is 4.44. The molecule has 1 saturated heterocycles. The van der Waals surface area contributed by atoms with Crippen LogP contribution in [0.4, 0.5) is 0 Å². The van der Waals surface area contributed by atoms with Gasteiger partial charge >= 0.3 is 37.7 Å². The second-order valence-electron chi connectivity index (χ2n) is 5.69. The molecule has 0 radical (unpaired) electrons. The Balaban J connectivity index is 0.00000364. The van der Waals surface area contributed by atoms with Crippen LogP contribution in [0.3, 0.4) is 0 Å². The molecule has 1 aromatic carbocycles. The van der Waals surface area contributed by atoms with Crippen LogP contribution in [0.2, 0.25) is 0 Å². The molecule has 0 amide bonds. The van der Waals surface area contributed by atoms with Gasteiger partial charge in [0, 0.05) is 5.97 Å². The average Bonchev–Trinajstić information content (AvgIpc) is 2.60. The topological polar surface area (TPSA) is 169 Å². The van der Waals surface area contributed by atoms with Gasteiger partial charge in [-0.25, -0.2) is 0 Å². The largest absolute Gasteiger partial charge is 1.00 e. The number of hydrogen-bond donors (Lipinski definition) is 3. The first-order chi connectivity index (χ1) is 12.2. The van der Waals surface area contributed by atoms with Crippen molar-refractivity contribution in [3.05, 3.63) is 23.8 Å². The molecule has 28 heavy (non-hydrogen) atoms. The predicted octanol–water partition coefficient (Wildman–Crippen LogP) is -9.68. The minimum atomic E-state index is -1.90. The number of hydrogen-bond acceptors (Lipinski definition) is 10. The third kappa shape index (κ3) is 6.41. The van der Waals surface area contributed by atoms with Crippen molar-refractivity contribution in [3.8, 4) is 11.5 Å². The van der Waals surface area contributed by atoms with E-state index in [1.165, 1.54) is 25.3 Å². The Hall–Kier alpha value is -1.21. The molecular formula is C16H18Li2O10. The Kier molecular flexibility index (Phi) is 11.2. The molecule has 3 N–H and O–H groups in total. The van der Waals surface area contributed by atoms with Crippen LogP contribution in [0, 0.1) is 0 Å². The van der Waals surface area contributed by atoms with Crippen molar-refractivity contribution >= 4 is 11.9 Å². The number of rotatable bonds is 7. The predicted molar refractivity (Wildman–Crippen MR) is 78.6 cm³/mol. The maximum Gasteiger partial charge on any atom is 1.00 e. The molecule has 144 valence electrons. The number of aliphatic hydroxyl groups excluding tert-OH is 3. The van der Waals surface area contributed by atoms with E-state index >= 15 is 0 Å². The van der Waals surface area contributed by atoms with Crippen molar-refractivity contribution in [2.75, 3.05) is 7.11 Å². The summed E-state index contributed by atoms with van der Waals surface area (Å²) < 4.78 is 15.5. The Morgan fingerprint density at radius 2 is 1.71 bits per heavy atom. The van der Waals surface area contributed by atoms with Crippen molar-refractivity contribution in [3.63, 3.8) is 0 Å². The van der Waals surface area contributed by atoms with E-state index in [2.05, 4.69) is 0 Å². The van der Waals surface area contributed by atoms with E-state index in [9.17, 15) is 35.1 Å². The molecule has 0 unspecified atom stereocenters. The number of benzene rings is 1. The first-order valence-electron chi connectivity index (χ1n) is 7.68. The number of methoxy groups -OCH3 is 1. The van der Waals surface area contributed by atoms with Crippen LogP contribution < -0.4 is 57.4 Å². The van der Waals surface area contributed by atoms with Crippen molar-refractivity contribution in [1.29, 1.82) is 0 Å². The Labute approximate surface area is 184 Å². The van der Waals surface area contributed by atoms with Gasteiger partial charge < -0.3 is 49.3 Å². The first-order valence-corrected chi connectivity index (χ1v) is 7.68. The summed E-state index contributed by atoms with van der Waals surface area (Å²) in [6.45, 7) is 0. The maximum absolute atomic E-state index is 11.0. The number of ether oxygens (including phenoxy) is 3. The molecule has 0 spiro atoms. The van der Waals surface area contributed by atoms with Gasteiger partial charge in [0.25, 0.3) is 0 Å². The molecule has 5 atom stereocenters. The van der Waals surface area contributed by atoms with Crippen molar-refractivity contribution in [2.24, 2.45) is 0 Å². The van der Waals surface area contributed by atoms with Crippen LogP contribution >= 0.6 is 0 Å². The average molecular weight is 384 g/mol. The summed E-state index contributed by atoms with van der Waals surface area (Å²) in [5.41, 5.74) is 0.617. The molecule has 10 nitrogen and oxygen atoms in total. The summed E-state index contributed by atoms with van der Waals surface area (Å²) in [4.78, 5) is 21.5. The van der Waals surface area contributed by atoms with E-state index in [-0.39, 0.29) is 62.1 Å². The van der Waals surface area contributed by atoms with Gasteiger partial charge in [-0.1, -0.05) is 6.07 Å². The van der Waals surface area contributed by atoms with Gasteiger partial charge in [0.05, 0.1) is 13.1 Å². The number of carboxylic acids is 2. The summed E-state index contributed by atoms with van der Waals surface area (Å²) in [5.74, 6) is -2.76. The molecule has 1 aliphatic rings. The SMILES string of the molecule is COc1cc(CCC(=O)[O-])ccc1O[C@@H]1O[C@H](C(=O)[O-])[C@@H](O)[C@H](O)[C@H]1O.[Li+].[Li+]. The van der Waals surface area contributed by atoms with Crippen molar-refractivity contribution < 1.29 is 87.1 Å². The van der Waals surface area contributed by atoms with E-state index in [0.29, 0.717) is 5.56 Å². The second kappa shape index (κ2) is 11.7. The Morgan fingerprint density at radius 1 is 1.07 bits per heavy atom. The molecule has 0 aliphatic carbocycles. The van der Waals surface area contributed by atoms with E-state index in [4.69, 9.17) is 14.2 Å². The van der Waals surface area contributed by atoms with Gasteiger partial charge in [-0.05, 0) is 30.5 Å². The summed E-state index contributed by atoms with van der Waals surface area (Å²) in [7, 11) is 1.32. The quantitative estimate of drug-likeness (QED) is 0.384. The summed E-state index contributed by atoms with van der Waals surface area (Å²) >= 11 is 0. The van der Waals surface area contributed by atoms with Gasteiger partial charge in [0.2, 0.25) is 6.29 Å². The van der Waals surface area contributed by atoms with Gasteiger partial charge in [-0.2, -0.15) is 0 Å². The molecule has 1 heterocycles. The molecule has 12 heteroatoms. The summed E-state index contributed by atoms with van der Waals surface area (Å²) in [5, 5.41) is 50.8. The molecular weight excluding hydrogens is 366 g/mol. The third-order valence-electron chi connectivity index (χ3n) is 3.89. The zero-order valence-electron chi connectivity index (χ0n) is 15.7. The first kappa shape index (κ1) is 26.8. The van der Waals surface area contributed by atoms with Gasteiger partial charge in [-0.3, -0.25) is 0 Å². The van der Waals surface area contributed by atoms with Crippen molar-refractivity contribution in [2.45, 2.75) is 43.5 Å². The molecule has 1 aliphatic heterocycles. The van der Waals surface area contributed by atoms with E-state index in [1.54, 1.807) is 0 Å². The van der Waals surface area contributed by atoms with Crippen LogP contribution in [-0.4, -0.2) is 65.1 Å². The molecule has 2 rings (SSSR count). The van der Waals surface area contributed by atoms with E-state index in [0.717, 1.165) is 0 Å². The minimum absolute atomic E-state index is 0. The van der Waals surface area contributed by atoms with E-state index < -0.39 is 42.6 Å². The third-order valence-corrected chi connectivity index (χ3v) is 3.89. The second-order valence-corrected chi connectivity index (χ2v) is 5.69. The van der Waals surface area contributed by atoms with Gasteiger partial charge in [0.1, 0.15) is 24.4 Å². The standard InChI is InChI=1S/C16H20O10.2Li/c1-24-9-6-7(3-5-10(17)18)2-4-8(9)25-16-13(21)11(19)12(20)14(26-16)15(22)23;;/h2,4,6,11-14,16,19-21H,3,5H2,1H3,(H,17,18)(H,22,23);;/q;2*+1/p-2/t11-,12-,13+,14-,16+;;/m0../s1. The normalized spacial score (nSPS) is 26.4. The fraction of sp³-hybridized carbons (Fsp3) is 0.500. The van der Waals surface area contributed by atoms with E-state index in [1.807, 2.05) is 0 Å². The number of aryl methyl sites for hydroxylation is 1. The Bertz CT molecular complexity index is 671. The minimum Gasteiger partial charge on any atom is -0.550 e. The zero-order valence-corrected chi connectivity index (χ0v) is 15.7. The number of carbonyl (C=O) groups excluding carboxylic acids is 2. The number of carboxylic acid groups (broad SMARTS) is 2. The number of aliphatic carboxylic acids is 2. The number of carbonyl (C=O) groups is 2. The van der Waals surface area contributed by atoms with Crippen LogP contribution in [0.15, 0.2) is 18.2 Å². The fourth-order valence-corrected chi connectivity index (χ4v) is 2.48. The monoisotopic (exact) mass is 384 g/mol. The van der Waals surface area contributed by atoms with Crippen LogP contribution in [-0.2, 0) is 20.7 Å². The van der Waals surface area contributed by atoms with Gasteiger partial charge in [0.15, 0.2) is 11.5 Å². The molecule has 1 fully saturated rings. The smallest absolute Gasteiger partial charge is 0.550 e. The molecule has 1 aromatic rings. The fourth-order valence-electron chi connectivity index (χ4n) is 2.48. The van der Waals surface area contributed by atoms with Crippen LogP contribution in [0.5, 0.6) is 11.5 Å². The van der Waals surface area contributed by atoms with Gasteiger partial charge in [-0.15, -0.1) is 0 Å².